The van der Waals surface area contributed by atoms with E-state index in [2.05, 4.69) is 79.0 Å². The van der Waals surface area contributed by atoms with Crippen LogP contribution in [0.5, 0.6) is 5.75 Å². The monoisotopic (exact) mass is 429 g/mol. The fraction of sp³-hybridized carbons (Fsp3) is 0.214. The Morgan fingerprint density at radius 1 is 0.839 bits per heavy atom. The molecule has 0 aliphatic rings. The number of ether oxygens (including phenoxy) is 1. The SMILES string of the molecule is CCCC(NCc1c(OCc2ccc(Cl)cc2)ccc2ccccc12)c1ccccc1. The Hall–Kier alpha value is -2.81. The second-order valence-corrected chi connectivity index (χ2v) is 8.25. The summed E-state index contributed by atoms with van der Waals surface area (Å²) in [6.45, 7) is 3.49. The zero-order chi connectivity index (χ0) is 21.5. The molecule has 0 amide bonds. The Kier molecular flexibility index (Phi) is 7.24. The van der Waals surface area contributed by atoms with Crippen LogP contribution >= 0.6 is 11.6 Å². The highest BCUT2D eigenvalue weighted by molar-refractivity contribution is 6.30. The summed E-state index contributed by atoms with van der Waals surface area (Å²) in [4.78, 5) is 0. The second kappa shape index (κ2) is 10.5. The fourth-order valence-corrected chi connectivity index (χ4v) is 4.09. The summed E-state index contributed by atoms with van der Waals surface area (Å²) in [7, 11) is 0. The Bertz CT molecular complexity index is 1110. The number of nitrogens with one attached hydrogen (secondary N) is 1. The van der Waals surface area contributed by atoms with Crippen molar-refractivity contribution in [1.82, 2.24) is 5.32 Å². The average Bonchev–Trinajstić information content (AvgIpc) is 2.82. The highest BCUT2D eigenvalue weighted by Gasteiger charge is 2.14. The molecule has 4 aromatic carbocycles. The standard InChI is InChI=1S/C28H28ClNO/c1-2-8-27(23-10-4-3-5-11-23)30-19-26-25-12-7-6-9-22(25)15-18-28(26)31-20-21-13-16-24(29)17-14-21/h3-7,9-18,27,30H,2,8,19-20H2,1H3. The van der Waals surface area contributed by atoms with E-state index in [-0.39, 0.29) is 0 Å². The van der Waals surface area contributed by atoms with E-state index in [9.17, 15) is 0 Å². The van der Waals surface area contributed by atoms with Gasteiger partial charge in [-0.1, -0.05) is 97.7 Å². The molecule has 0 radical (unpaired) electrons. The molecule has 0 saturated carbocycles. The van der Waals surface area contributed by atoms with Crippen molar-refractivity contribution < 1.29 is 4.74 Å². The van der Waals surface area contributed by atoms with Crippen LogP contribution in [0.2, 0.25) is 5.02 Å². The highest BCUT2D eigenvalue weighted by atomic mass is 35.5. The molecular weight excluding hydrogens is 402 g/mol. The lowest BCUT2D eigenvalue weighted by molar-refractivity contribution is 0.302. The Morgan fingerprint density at radius 3 is 2.35 bits per heavy atom. The molecule has 0 spiro atoms. The maximum Gasteiger partial charge on any atom is 0.124 e. The van der Waals surface area contributed by atoms with E-state index in [1.165, 1.54) is 21.9 Å². The molecule has 0 saturated heterocycles. The van der Waals surface area contributed by atoms with Crippen LogP contribution in [0.25, 0.3) is 10.8 Å². The van der Waals surface area contributed by atoms with Crippen LogP contribution in [-0.4, -0.2) is 0 Å². The predicted octanol–water partition coefficient (Wildman–Crippen LogP) is 7.70. The van der Waals surface area contributed by atoms with Gasteiger partial charge in [0.25, 0.3) is 0 Å². The van der Waals surface area contributed by atoms with Crippen LogP contribution in [-0.2, 0) is 13.2 Å². The molecule has 1 N–H and O–H groups in total. The number of halogens is 1. The normalized spacial score (nSPS) is 12.1. The van der Waals surface area contributed by atoms with Crippen LogP contribution in [0.15, 0.2) is 91.0 Å². The van der Waals surface area contributed by atoms with Gasteiger partial charge in [0, 0.05) is 23.2 Å². The quantitative estimate of drug-likeness (QED) is 0.294. The molecule has 1 atom stereocenters. The van der Waals surface area contributed by atoms with E-state index in [1.54, 1.807) is 0 Å². The first-order valence-corrected chi connectivity index (χ1v) is 11.3. The van der Waals surface area contributed by atoms with E-state index in [1.807, 2.05) is 24.3 Å². The topological polar surface area (TPSA) is 21.3 Å². The van der Waals surface area contributed by atoms with Crippen molar-refractivity contribution in [3.8, 4) is 5.75 Å². The first-order chi connectivity index (χ1) is 15.2. The second-order valence-electron chi connectivity index (χ2n) is 7.81. The van der Waals surface area contributed by atoms with Crippen molar-refractivity contribution in [3.63, 3.8) is 0 Å². The molecule has 0 aliphatic heterocycles. The van der Waals surface area contributed by atoms with E-state index in [4.69, 9.17) is 16.3 Å². The minimum Gasteiger partial charge on any atom is -0.489 e. The summed E-state index contributed by atoms with van der Waals surface area (Å²) < 4.78 is 6.29. The smallest absolute Gasteiger partial charge is 0.124 e. The third-order valence-corrected chi connectivity index (χ3v) is 5.86. The van der Waals surface area contributed by atoms with Gasteiger partial charge in [-0.25, -0.2) is 0 Å². The van der Waals surface area contributed by atoms with Gasteiger partial charge in [0.05, 0.1) is 0 Å². The lowest BCUT2D eigenvalue weighted by Gasteiger charge is -2.21. The lowest BCUT2D eigenvalue weighted by atomic mass is 10.00. The number of rotatable bonds is 9. The molecule has 158 valence electrons. The van der Waals surface area contributed by atoms with Gasteiger partial charge in [0.2, 0.25) is 0 Å². The maximum atomic E-state index is 6.29. The molecule has 31 heavy (non-hydrogen) atoms. The minimum atomic E-state index is 0.314. The number of fused-ring (bicyclic) bond motifs is 1. The molecule has 0 bridgehead atoms. The first-order valence-electron chi connectivity index (χ1n) is 10.9. The minimum absolute atomic E-state index is 0.314. The third-order valence-electron chi connectivity index (χ3n) is 5.61. The fourth-order valence-electron chi connectivity index (χ4n) is 3.96. The van der Waals surface area contributed by atoms with Crippen LogP contribution < -0.4 is 10.1 Å². The Balaban J connectivity index is 1.59. The van der Waals surface area contributed by atoms with Gasteiger partial charge in [-0.05, 0) is 46.5 Å². The van der Waals surface area contributed by atoms with Gasteiger partial charge in [0.1, 0.15) is 12.4 Å². The zero-order valence-corrected chi connectivity index (χ0v) is 18.6. The summed E-state index contributed by atoms with van der Waals surface area (Å²) >= 11 is 6.02. The van der Waals surface area contributed by atoms with Crippen molar-refractivity contribution in [2.45, 2.75) is 39.0 Å². The molecule has 3 heteroatoms. The van der Waals surface area contributed by atoms with Gasteiger partial charge in [-0.15, -0.1) is 0 Å². The van der Waals surface area contributed by atoms with Gasteiger partial charge < -0.3 is 10.1 Å². The number of hydrogen-bond donors (Lipinski definition) is 1. The molecule has 4 aromatic rings. The molecule has 0 heterocycles. The van der Waals surface area contributed by atoms with E-state index < -0.39 is 0 Å². The van der Waals surface area contributed by atoms with E-state index in [0.717, 1.165) is 35.7 Å². The van der Waals surface area contributed by atoms with E-state index >= 15 is 0 Å². The van der Waals surface area contributed by atoms with Crippen molar-refractivity contribution >= 4 is 22.4 Å². The van der Waals surface area contributed by atoms with Crippen LogP contribution in [0.3, 0.4) is 0 Å². The van der Waals surface area contributed by atoms with Crippen LogP contribution in [0.4, 0.5) is 0 Å². The van der Waals surface area contributed by atoms with Crippen molar-refractivity contribution in [3.05, 3.63) is 113 Å². The first kappa shape index (κ1) is 21.4. The van der Waals surface area contributed by atoms with Gasteiger partial charge in [-0.2, -0.15) is 0 Å². The molecule has 2 nitrogen and oxygen atoms in total. The Labute approximate surface area is 189 Å². The number of benzene rings is 4. The number of hydrogen-bond acceptors (Lipinski definition) is 2. The average molecular weight is 430 g/mol. The van der Waals surface area contributed by atoms with Gasteiger partial charge >= 0.3 is 0 Å². The molecule has 1 unspecified atom stereocenters. The molecule has 0 aromatic heterocycles. The largest absolute Gasteiger partial charge is 0.489 e. The summed E-state index contributed by atoms with van der Waals surface area (Å²) in [6, 6.07) is 31.6. The lowest BCUT2D eigenvalue weighted by Crippen LogP contribution is -2.21. The van der Waals surface area contributed by atoms with Crippen LogP contribution in [0, 0.1) is 0 Å². The summed E-state index contributed by atoms with van der Waals surface area (Å²) in [5.41, 5.74) is 3.63. The Morgan fingerprint density at radius 2 is 1.58 bits per heavy atom. The maximum absolute atomic E-state index is 6.29. The third kappa shape index (κ3) is 5.46. The van der Waals surface area contributed by atoms with Gasteiger partial charge in [-0.3, -0.25) is 0 Å². The van der Waals surface area contributed by atoms with Crippen molar-refractivity contribution in [2.75, 3.05) is 0 Å². The molecule has 4 rings (SSSR count). The van der Waals surface area contributed by atoms with Crippen LogP contribution in [0.1, 0.15) is 42.5 Å². The van der Waals surface area contributed by atoms with Crippen molar-refractivity contribution in [1.29, 1.82) is 0 Å². The van der Waals surface area contributed by atoms with Crippen molar-refractivity contribution in [2.24, 2.45) is 0 Å². The van der Waals surface area contributed by atoms with E-state index in [0.29, 0.717) is 12.6 Å². The zero-order valence-electron chi connectivity index (χ0n) is 17.9. The summed E-state index contributed by atoms with van der Waals surface area (Å²) in [5, 5.41) is 6.99. The molecular formula is C28H28ClNO. The summed E-state index contributed by atoms with van der Waals surface area (Å²) in [5.74, 6) is 0.921. The van der Waals surface area contributed by atoms with Gasteiger partial charge in [0.15, 0.2) is 0 Å². The molecule has 0 fully saturated rings. The molecule has 0 aliphatic carbocycles. The predicted molar refractivity (Wildman–Crippen MR) is 131 cm³/mol. The highest BCUT2D eigenvalue weighted by Crippen LogP contribution is 2.30. The summed E-state index contributed by atoms with van der Waals surface area (Å²) in [6.07, 6.45) is 2.22.